The topological polar surface area (TPSA) is 63.4 Å². The maximum Gasteiger partial charge on any atom is 0.153 e. The van der Waals surface area contributed by atoms with Gasteiger partial charge < -0.3 is 5.73 Å². The Bertz CT molecular complexity index is 562. The molecule has 1 fully saturated rings. The van der Waals surface area contributed by atoms with Crippen LogP contribution in [0.4, 0.5) is 0 Å². The van der Waals surface area contributed by atoms with Crippen molar-refractivity contribution in [1.82, 2.24) is 4.90 Å². The molecule has 0 spiro atoms. The van der Waals surface area contributed by atoms with Gasteiger partial charge in [-0.3, -0.25) is 4.90 Å². The summed E-state index contributed by atoms with van der Waals surface area (Å²) in [5, 5.41) is 0.689. The summed E-state index contributed by atoms with van der Waals surface area (Å²) in [6.07, 6.45) is 0.772. The van der Waals surface area contributed by atoms with Crippen LogP contribution in [0.3, 0.4) is 0 Å². The Balaban J connectivity index is 1.91. The Morgan fingerprint density at radius 3 is 2.80 bits per heavy atom. The first kappa shape index (κ1) is 15.8. The van der Waals surface area contributed by atoms with E-state index in [0.29, 0.717) is 11.6 Å². The van der Waals surface area contributed by atoms with Crippen LogP contribution in [0.5, 0.6) is 0 Å². The van der Waals surface area contributed by atoms with Gasteiger partial charge in [0.15, 0.2) is 9.84 Å². The quantitative estimate of drug-likeness (QED) is 0.920. The minimum absolute atomic E-state index is 0.0622. The van der Waals surface area contributed by atoms with Gasteiger partial charge in [-0.15, -0.1) is 0 Å². The molecule has 1 aromatic carbocycles. The molecule has 1 saturated heterocycles. The molecule has 2 rings (SSSR count). The van der Waals surface area contributed by atoms with Crippen molar-refractivity contribution in [1.29, 1.82) is 0 Å². The zero-order valence-corrected chi connectivity index (χ0v) is 13.2. The summed E-state index contributed by atoms with van der Waals surface area (Å²) in [6, 6.07) is 7.54. The molecule has 0 amide bonds. The van der Waals surface area contributed by atoms with Gasteiger partial charge in [-0.2, -0.15) is 0 Å². The van der Waals surface area contributed by atoms with Gasteiger partial charge in [0, 0.05) is 30.2 Å². The number of hydrogen-bond acceptors (Lipinski definition) is 4. The summed E-state index contributed by atoms with van der Waals surface area (Å²) < 4.78 is 23.1. The van der Waals surface area contributed by atoms with Crippen molar-refractivity contribution in [2.75, 3.05) is 24.6 Å². The minimum Gasteiger partial charge on any atom is -0.324 e. The van der Waals surface area contributed by atoms with E-state index in [4.69, 9.17) is 17.3 Å². The predicted octanol–water partition coefficient (Wildman–Crippen LogP) is 1.85. The van der Waals surface area contributed by atoms with E-state index in [1.165, 1.54) is 0 Å². The Kier molecular flexibility index (Phi) is 5.07. The molecule has 0 aliphatic carbocycles. The van der Waals surface area contributed by atoms with Crippen LogP contribution in [0.15, 0.2) is 24.3 Å². The van der Waals surface area contributed by atoms with E-state index < -0.39 is 9.84 Å². The van der Waals surface area contributed by atoms with Gasteiger partial charge in [-0.1, -0.05) is 29.8 Å². The number of rotatable bonds is 4. The van der Waals surface area contributed by atoms with Crippen LogP contribution in [-0.4, -0.2) is 44.0 Å². The number of benzene rings is 1. The van der Waals surface area contributed by atoms with E-state index in [9.17, 15) is 8.42 Å². The number of sulfone groups is 1. The lowest BCUT2D eigenvalue weighted by Gasteiger charge is -2.33. The summed E-state index contributed by atoms with van der Waals surface area (Å²) in [7, 11) is -2.86. The van der Waals surface area contributed by atoms with Gasteiger partial charge in [0.2, 0.25) is 0 Å². The SMILES string of the molecule is CC1CS(=O)(=O)CCN1CCC(N)c1ccccc1Cl. The van der Waals surface area contributed by atoms with Gasteiger partial charge >= 0.3 is 0 Å². The molecule has 0 aromatic heterocycles. The lowest BCUT2D eigenvalue weighted by atomic mass is 10.0. The molecule has 6 heteroatoms. The Hall–Kier alpha value is -0.620. The van der Waals surface area contributed by atoms with Crippen molar-refractivity contribution in [3.05, 3.63) is 34.9 Å². The summed E-state index contributed by atoms with van der Waals surface area (Å²) in [6.45, 7) is 3.35. The zero-order valence-electron chi connectivity index (χ0n) is 11.6. The van der Waals surface area contributed by atoms with Crippen molar-refractivity contribution < 1.29 is 8.42 Å². The van der Waals surface area contributed by atoms with Gasteiger partial charge in [0.25, 0.3) is 0 Å². The van der Waals surface area contributed by atoms with Gasteiger partial charge in [-0.05, 0) is 25.0 Å². The lowest BCUT2D eigenvalue weighted by molar-refractivity contribution is 0.219. The molecule has 0 saturated carbocycles. The fourth-order valence-electron chi connectivity index (χ4n) is 2.60. The average Bonchev–Trinajstić information content (AvgIpc) is 2.37. The van der Waals surface area contributed by atoms with Crippen LogP contribution in [0, 0.1) is 0 Å². The first-order chi connectivity index (χ1) is 9.39. The maximum absolute atomic E-state index is 11.5. The van der Waals surface area contributed by atoms with E-state index in [-0.39, 0.29) is 23.6 Å². The third-order valence-corrected chi connectivity index (χ3v) is 5.98. The van der Waals surface area contributed by atoms with Crippen molar-refractivity contribution in [3.63, 3.8) is 0 Å². The van der Waals surface area contributed by atoms with Gasteiger partial charge in [-0.25, -0.2) is 8.42 Å². The van der Waals surface area contributed by atoms with Crippen molar-refractivity contribution in [3.8, 4) is 0 Å². The molecular formula is C14H21ClN2O2S. The lowest BCUT2D eigenvalue weighted by Crippen LogP contribution is -2.47. The first-order valence-electron chi connectivity index (χ1n) is 6.83. The molecule has 4 nitrogen and oxygen atoms in total. The van der Waals surface area contributed by atoms with E-state index in [2.05, 4.69) is 4.90 Å². The molecule has 2 atom stereocenters. The number of hydrogen-bond donors (Lipinski definition) is 1. The summed E-state index contributed by atoms with van der Waals surface area (Å²) in [5.74, 6) is 0.493. The van der Waals surface area contributed by atoms with Crippen LogP contribution < -0.4 is 5.73 Å². The molecule has 0 radical (unpaired) electrons. The molecule has 20 heavy (non-hydrogen) atoms. The molecule has 0 bridgehead atoms. The third kappa shape index (κ3) is 3.95. The number of halogens is 1. The number of nitrogens with zero attached hydrogens (tertiary/aromatic N) is 1. The smallest absolute Gasteiger partial charge is 0.153 e. The fraction of sp³-hybridized carbons (Fsp3) is 0.571. The van der Waals surface area contributed by atoms with Gasteiger partial charge in [0.05, 0.1) is 11.5 Å². The van der Waals surface area contributed by atoms with Crippen LogP contribution in [-0.2, 0) is 9.84 Å². The highest BCUT2D eigenvalue weighted by molar-refractivity contribution is 7.91. The molecule has 2 N–H and O–H groups in total. The molecular weight excluding hydrogens is 296 g/mol. The highest BCUT2D eigenvalue weighted by Gasteiger charge is 2.28. The van der Waals surface area contributed by atoms with Crippen molar-refractivity contribution in [2.45, 2.75) is 25.4 Å². The average molecular weight is 317 g/mol. The first-order valence-corrected chi connectivity index (χ1v) is 9.03. The monoisotopic (exact) mass is 316 g/mol. The highest BCUT2D eigenvalue weighted by Crippen LogP contribution is 2.24. The second-order valence-electron chi connectivity index (χ2n) is 5.42. The second-order valence-corrected chi connectivity index (χ2v) is 8.05. The molecule has 1 aliphatic rings. The van der Waals surface area contributed by atoms with Gasteiger partial charge in [0.1, 0.15) is 0 Å². The molecule has 1 heterocycles. The Morgan fingerprint density at radius 1 is 1.45 bits per heavy atom. The molecule has 2 unspecified atom stereocenters. The summed E-state index contributed by atoms with van der Waals surface area (Å²) in [4.78, 5) is 2.19. The molecule has 1 aromatic rings. The van der Waals surface area contributed by atoms with Crippen LogP contribution >= 0.6 is 11.6 Å². The second kappa shape index (κ2) is 6.43. The van der Waals surface area contributed by atoms with Crippen molar-refractivity contribution in [2.24, 2.45) is 5.73 Å². The summed E-state index contributed by atoms with van der Waals surface area (Å²) in [5.41, 5.74) is 7.13. The maximum atomic E-state index is 11.5. The van der Waals surface area contributed by atoms with E-state index in [1.54, 1.807) is 0 Å². The third-order valence-electron chi connectivity index (χ3n) is 3.84. The van der Waals surface area contributed by atoms with Crippen LogP contribution in [0.2, 0.25) is 5.02 Å². The number of nitrogens with two attached hydrogens (primary N) is 1. The standard InChI is InChI=1S/C14H21ClN2O2S/c1-11-10-20(18,19)9-8-17(11)7-6-14(16)12-4-2-3-5-13(12)15/h2-5,11,14H,6-10,16H2,1H3. The fourth-order valence-corrected chi connectivity index (χ4v) is 4.50. The normalized spacial score (nSPS) is 24.4. The predicted molar refractivity (Wildman–Crippen MR) is 82.7 cm³/mol. The van der Waals surface area contributed by atoms with E-state index in [1.807, 2.05) is 31.2 Å². The van der Waals surface area contributed by atoms with Crippen LogP contribution in [0.25, 0.3) is 0 Å². The molecule has 1 aliphatic heterocycles. The van der Waals surface area contributed by atoms with E-state index in [0.717, 1.165) is 18.5 Å². The Morgan fingerprint density at radius 2 is 2.15 bits per heavy atom. The molecule has 112 valence electrons. The Labute approximate surface area is 125 Å². The summed E-state index contributed by atoms with van der Waals surface area (Å²) >= 11 is 6.13. The zero-order chi connectivity index (χ0) is 14.8. The van der Waals surface area contributed by atoms with Crippen LogP contribution in [0.1, 0.15) is 24.9 Å². The van der Waals surface area contributed by atoms with Crippen molar-refractivity contribution >= 4 is 21.4 Å². The highest BCUT2D eigenvalue weighted by atomic mass is 35.5. The largest absolute Gasteiger partial charge is 0.324 e. The minimum atomic E-state index is -2.86. The van der Waals surface area contributed by atoms with E-state index >= 15 is 0 Å².